The molecule has 0 aromatic carbocycles. The molecule has 0 fully saturated rings. The molecule has 0 bridgehead atoms. The van der Waals surface area contributed by atoms with Crippen LogP contribution in [0.5, 0.6) is 0 Å². The fourth-order valence-corrected chi connectivity index (χ4v) is 1.14. The Morgan fingerprint density at radius 1 is 1.90 bits per heavy atom. The summed E-state index contributed by atoms with van der Waals surface area (Å²) in [6.07, 6.45) is 1.40. The van der Waals surface area contributed by atoms with E-state index in [4.69, 9.17) is 11.5 Å². The molecule has 0 saturated heterocycles. The van der Waals surface area contributed by atoms with Crippen molar-refractivity contribution in [3.63, 3.8) is 0 Å². The predicted octanol–water partition coefficient (Wildman–Crippen LogP) is 0.0249. The van der Waals surface area contributed by atoms with Gasteiger partial charge < -0.3 is 5.73 Å². The zero-order chi connectivity index (χ0) is 7.56. The van der Waals surface area contributed by atoms with Crippen LogP contribution in [-0.2, 0) is 6.54 Å². The average Bonchev–Trinajstić information content (AvgIpc) is 2.34. The summed E-state index contributed by atoms with van der Waals surface area (Å²) in [5, 5.41) is 0.619. The van der Waals surface area contributed by atoms with Gasteiger partial charge in [0.1, 0.15) is 9.88 Å². The minimum absolute atomic E-state index is 0.109. The number of amides is 1. The Morgan fingerprint density at radius 2 is 2.60 bits per heavy atom. The van der Waals surface area contributed by atoms with Crippen molar-refractivity contribution in [2.24, 2.45) is 5.73 Å². The van der Waals surface area contributed by atoms with Gasteiger partial charge in [-0.05, 0) is 0 Å². The topological polar surface area (TPSA) is 79.8 Å². The monoisotopic (exact) mass is 156 g/mol. The van der Waals surface area contributed by atoms with Crippen molar-refractivity contribution in [2.45, 2.75) is 6.54 Å². The molecule has 0 saturated carbocycles. The second-order valence-electron chi connectivity index (χ2n) is 1.66. The van der Waals surface area contributed by atoms with Gasteiger partial charge in [0.15, 0.2) is 0 Å². The Bertz CT molecular complexity index is 245. The molecule has 3 N–H and O–H groups in total. The van der Waals surface area contributed by atoms with Gasteiger partial charge in [-0.25, -0.2) is 4.98 Å². The Labute approximate surface area is 61.9 Å². The molecule has 0 aliphatic rings. The number of hydrogen-bond donors (Lipinski definition) is 1. The quantitative estimate of drug-likeness (QED) is 0.655. The molecule has 1 radical (unpaired) electrons. The number of carbonyl (C=O) groups is 1. The lowest BCUT2D eigenvalue weighted by molar-refractivity contribution is 0.100. The van der Waals surface area contributed by atoms with E-state index in [-0.39, 0.29) is 6.54 Å². The molecule has 1 amide bonds. The largest absolute Gasteiger partial charge is 0.365 e. The molecule has 0 aliphatic carbocycles. The van der Waals surface area contributed by atoms with Crippen LogP contribution in [0.2, 0.25) is 0 Å². The van der Waals surface area contributed by atoms with Gasteiger partial charge in [-0.2, -0.15) is 0 Å². The number of carbonyl (C=O) groups excluding carboxylic acids is 1. The molecule has 10 heavy (non-hydrogen) atoms. The van der Waals surface area contributed by atoms with Crippen molar-refractivity contribution in [2.75, 3.05) is 0 Å². The molecule has 1 aromatic rings. The smallest absolute Gasteiger partial charge is 0.260 e. The van der Waals surface area contributed by atoms with Gasteiger partial charge in [0.05, 0.1) is 12.7 Å². The van der Waals surface area contributed by atoms with E-state index in [2.05, 4.69) is 4.98 Å². The lowest BCUT2D eigenvalue weighted by Gasteiger charge is -1.81. The van der Waals surface area contributed by atoms with Gasteiger partial charge in [0.25, 0.3) is 5.91 Å². The van der Waals surface area contributed by atoms with Gasteiger partial charge in [-0.1, -0.05) is 0 Å². The van der Waals surface area contributed by atoms with Crippen LogP contribution in [0, 0.1) is 0 Å². The minimum Gasteiger partial charge on any atom is -0.365 e. The Morgan fingerprint density at radius 3 is 2.90 bits per heavy atom. The molecular weight excluding hydrogens is 150 g/mol. The summed E-state index contributed by atoms with van der Waals surface area (Å²) in [5.41, 5.74) is 11.8. The number of thiazole rings is 1. The lowest BCUT2D eigenvalue weighted by atomic mass is 10.5. The van der Waals surface area contributed by atoms with Crippen molar-refractivity contribution in [3.8, 4) is 0 Å². The van der Waals surface area contributed by atoms with Crippen molar-refractivity contribution < 1.29 is 4.79 Å². The van der Waals surface area contributed by atoms with Gasteiger partial charge in [-0.3, -0.25) is 10.5 Å². The number of rotatable bonds is 2. The van der Waals surface area contributed by atoms with E-state index >= 15 is 0 Å². The zero-order valence-corrected chi connectivity index (χ0v) is 5.94. The van der Waals surface area contributed by atoms with Crippen LogP contribution in [-0.4, -0.2) is 10.9 Å². The van der Waals surface area contributed by atoms with Crippen LogP contribution in [0.3, 0.4) is 0 Å². The van der Waals surface area contributed by atoms with E-state index in [1.807, 2.05) is 0 Å². The fourth-order valence-electron chi connectivity index (χ4n) is 0.506. The summed E-state index contributed by atoms with van der Waals surface area (Å²) in [7, 11) is 0. The molecule has 1 aromatic heterocycles. The highest BCUT2D eigenvalue weighted by molar-refractivity contribution is 7.13. The molecule has 53 valence electrons. The zero-order valence-electron chi connectivity index (χ0n) is 5.13. The van der Waals surface area contributed by atoms with Crippen LogP contribution in [0.25, 0.3) is 0 Å². The summed E-state index contributed by atoms with van der Waals surface area (Å²) in [6.45, 7) is 0.109. The second-order valence-corrected chi connectivity index (χ2v) is 2.77. The van der Waals surface area contributed by atoms with E-state index < -0.39 is 5.91 Å². The van der Waals surface area contributed by atoms with Gasteiger partial charge >= 0.3 is 0 Å². The maximum atomic E-state index is 10.5. The first-order valence-electron chi connectivity index (χ1n) is 2.63. The van der Waals surface area contributed by atoms with Crippen LogP contribution in [0.1, 0.15) is 14.7 Å². The third-order valence-electron chi connectivity index (χ3n) is 0.948. The Balaban J connectivity index is 2.88. The second kappa shape index (κ2) is 2.76. The fraction of sp³-hybridized carbons (Fsp3) is 0.200. The van der Waals surface area contributed by atoms with Crippen LogP contribution >= 0.6 is 11.3 Å². The van der Waals surface area contributed by atoms with Gasteiger partial charge in [0, 0.05) is 0 Å². The summed E-state index contributed by atoms with van der Waals surface area (Å²) >= 11 is 1.17. The standard InChI is InChI=1S/C5H6N3OS/c6-1-4-8-2-3(10-4)5(7)9/h2,6H,1H2,(H2,7,9). The molecule has 4 nitrogen and oxygen atoms in total. The predicted molar refractivity (Wildman–Crippen MR) is 37.4 cm³/mol. The normalized spacial score (nSPS) is 9.70. The van der Waals surface area contributed by atoms with Crippen LogP contribution < -0.4 is 11.5 Å². The molecule has 0 unspecified atom stereocenters. The van der Waals surface area contributed by atoms with Gasteiger partial charge in [-0.15, -0.1) is 11.3 Å². The summed E-state index contributed by atoms with van der Waals surface area (Å²) in [4.78, 5) is 14.7. The maximum absolute atomic E-state index is 10.5. The highest BCUT2D eigenvalue weighted by Crippen LogP contribution is 2.10. The molecule has 1 rings (SSSR count). The van der Waals surface area contributed by atoms with Crippen molar-refractivity contribution in [1.82, 2.24) is 10.7 Å². The van der Waals surface area contributed by atoms with Crippen molar-refractivity contribution in [1.29, 1.82) is 0 Å². The third-order valence-corrected chi connectivity index (χ3v) is 1.96. The maximum Gasteiger partial charge on any atom is 0.260 e. The molecule has 0 aliphatic heterocycles. The highest BCUT2D eigenvalue weighted by atomic mass is 32.1. The first-order valence-corrected chi connectivity index (χ1v) is 3.45. The summed E-state index contributed by atoms with van der Waals surface area (Å²) in [6, 6.07) is 0. The Kier molecular flexibility index (Phi) is 1.98. The molecule has 0 atom stereocenters. The van der Waals surface area contributed by atoms with Crippen molar-refractivity contribution >= 4 is 17.2 Å². The number of nitrogens with one attached hydrogen (secondary N) is 1. The summed E-state index contributed by atoms with van der Waals surface area (Å²) < 4.78 is 0. The van der Waals surface area contributed by atoms with Gasteiger partial charge in [0.2, 0.25) is 0 Å². The molecule has 5 heteroatoms. The number of nitrogens with two attached hydrogens (primary N) is 1. The molecule has 0 spiro atoms. The lowest BCUT2D eigenvalue weighted by Crippen LogP contribution is -2.08. The first kappa shape index (κ1) is 7.17. The number of aromatic nitrogens is 1. The molecule has 1 heterocycles. The molecular formula is C5H6N3OS. The average molecular weight is 156 g/mol. The van der Waals surface area contributed by atoms with Crippen molar-refractivity contribution in [3.05, 3.63) is 16.1 Å². The number of primary amides is 1. The van der Waals surface area contributed by atoms with Crippen LogP contribution in [0.15, 0.2) is 6.20 Å². The first-order chi connectivity index (χ1) is 4.74. The Hall–Kier alpha value is -0.940. The van der Waals surface area contributed by atoms with Crippen LogP contribution in [0.4, 0.5) is 0 Å². The number of hydrogen-bond acceptors (Lipinski definition) is 3. The number of nitrogens with zero attached hydrogens (tertiary/aromatic N) is 1. The van der Waals surface area contributed by atoms with E-state index in [9.17, 15) is 4.79 Å². The highest BCUT2D eigenvalue weighted by Gasteiger charge is 2.04. The minimum atomic E-state index is -0.475. The summed E-state index contributed by atoms with van der Waals surface area (Å²) in [5.74, 6) is -0.475. The third kappa shape index (κ3) is 1.31. The van der Waals surface area contributed by atoms with E-state index in [1.165, 1.54) is 17.5 Å². The SMILES string of the molecule is [NH]Cc1ncc(C(N)=O)s1. The van der Waals surface area contributed by atoms with E-state index in [0.717, 1.165) is 0 Å². The van der Waals surface area contributed by atoms with E-state index in [1.54, 1.807) is 0 Å². The van der Waals surface area contributed by atoms with E-state index in [0.29, 0.717) is 9.88 Å².